The van der Waals surface area contributed by atoms with Crippen LogP contribution in [-0.2, 0) is 4.79 Å². The van der Waals surface area contributed by atoms with E-state index in [1.165, 1.54) is 0 Å². The van der Waals surface area contributed by atoms with E-state index in [2.05, 4.69) is 15.5 Å². The van der Waals surface area contributed by atoms with Gasteiger partial charge in [0, 0.05) is 43.2 Å². The van der Waals surface area contributed by atoms with Gasteiger partial charge in [-0.1, -0.05) is 0 Å². The fourth-order valence-electron chi connectivity index (χ4n) is 2.62. The topological polar surface area (TPSA) is 53.6 Å². The van der Waals surface area contributed by atoms with Crippen molar-refractivity contribution in [3.8, 4) is 5.75 Å². The van der Waals surface area contributed by atoms with E-state index in [0.29, 0.717) is 13.0 Å². The van der Waals surface area contributed by atoms with Gasteiger partial charge in [-0.05, 0) is 18.2 Å². The van der Waals surface area contributed by atoms with Crippen LogP contribution >= 0.6 is 36.6 Å². The van der Waals surface area contributed by atoms with Crippen LogP contribution in [0.25, 0.3) is 0 Å². The number of benzene rings is 1. The van der Waals surface area contributed by atoms with Crippen molar-refractivity contribution in [3.05, 3.63) is 18.2 Å². The van der Waals surface area contributed by atoms with E-state index < -0.39 is 0 Å². The number of anilines is 2. The fourth-order valence-corrected chi connectivity index (χ4v) is 3.56. The van der Waals surface area contributed by atoms with Crippen LogP contribution in [0, 0.1) is 0 Å². The SMILES string of the molecule is CN1CCOc2ccc(NC(=O)CC3CSCCN3)cc21.Cl.Cl. The summed E-state index contributed by atoms with van der Waals surface area (Å²) >= 11 is 1.90. The Morgan fingerprint density at radius 1 is 1.48 bits per heavy atom. The van der Waals surface area contributed by atoms with Gasteiger partial charge >= 0.3 is 0 Å². The van der Waals surface area contributed by atoms with Gasteiger partial charge in [0.2, 0.25) is 5.91 Å². The minimum Gasteiger partial charge on any atom is -0.490 e. The maximum absolute atomic E-state index is 12.1. The number of hydrogen-bond donors (Lipinski definition) is 2. The molecule has 0 bridgehead atoms. The molecule has 0 radical (unpaired) electrons. The summed E-state index contributed by atoms with van der Waals surface area (Å²) in [6, 6.07) is 6.09. The largest absolute Gasteiger partial charge is 0.490 e. The van der Waals surface area contributed by atoms with E-state index in [1.807, 2.05) is 37.0 Å². The molecule has 1 fully saturated rings. The number of halogens is 2. The summed E-state index contributed by atoms with van der Waals surface area (Å²) in [4.78, 5) is 14.3. The number of ether oxygens (including phenoxy) is 1. The number of thioether (sulfide) groups is 1. The minimum absolute atomic E-state index is 0. The molecule has 0 spiro atoms. The first kappa shape index (κ1) is 20.2. The van der Waals surface area contributed by atoms with E-state index >= 15 is 0 Å². The molecule has 130 valence electrons. The van der Waals surface area contributed by atoms with Crippen molar-refractivity contribution in [3.63, 3.8) is 0 Å². The predicted molar refractivity (Wildman–Crippen MR) is 102 cm³/mol. The normalized spacial score (nSPS) is 19.5. The molecule has 1 unspecified atom stereocenters. The third-order valence-electron chi connectivity index (χ3n) is 3.77. The Bertz CT molecular complexity index is 527. The molecular formula is C15H23Cl2N3O2S. The number of rotatable bonds is 3. The van der Waals surface area contributed by atoms with E-state index in [9.17, 15) is 4.79 Å². The molecule has 2 N–H and O–H groups in total. The number of nitrogens with one attached hydrogen (secondary N) is 2. The van der Waals surface area contributed by atoms with Crippen LogP contribution < -0.4 is 20.3 Å². The standard InChI is InChI=1S/C15H21N3O2S.2ClH/c1-18-5-6-20-14-3-2-11(8-13(14)18)17-15(19)9-12-10-21-7-4-16-12;;/h2-3,8,12,16H,4-7,9-10H2,1H3,(H,17,19);2*1H. The molecule has 0 saturated carbocycles. The Labute approximate surface area is 153 Å². The van der Waals surface area contributed by atoms with Crippen LogP contribution in [0.15, 0.2) is 18.2 Å². The number of carbonyl (C=O) groups excluding carboxylic acids is 1. The molecule has 1 atom stereocenters. The van der Waals surface area contributed by atoms with Gasteiger partial charge in [0.25, 0.3) is 0 Å². The molecule has 23 heavy (non-hydrogen) atoms. The van der Waals surface area contributed by atoms with Gasteiger partial charge in [0.1, 0.15) is 12.4 Å². The Morgan fingerprint density at radius 3 is 3.04 bits per heavy atom. The first-order valence-electron chi connectivity index (χ1n) is 7.31. The molecule has 1 saturated heterocycles. The van der Waals surface area contributed by atoms with Crippen LogP contribution in [-0.4, -0.2) is 50.2 Å². The zero-order valence-electron chi connectivity index (χ0n) is 13.0. The summed E-state index contributed by atoms with van der Waals surface area (Å²) in [6.07, 6.45) is 0.524. The summed E-state index contributed by atoms with van der Waals surface area (Å²) in [5.41, 5.74) is 1.87. The van der Waals surface area contributed by atoms with Crippen LogP contribution in [0.5, 0.6) is 5.75 Å². The second-order valence-corrected chi connectivity index (χ2v) is 6.58. The number of nitrogens with zero attached hydrogens (tertiary/aromatic N) is 1. The molecule has 3 rings (SSSR count). The van der Waals surface area contributed by atoms with E-state index in [4.69, 9.17) is 4.74 Å². The van der Waals surface area contributed by atoms with Gasteiger partial charge < -0.3 is 20.3 Å². The van der Waals surface area contributed by atoms with E-state index in [0.717, 1.165) is 41.7 Å². The number of hydrogen-bond acceptors (Lipinski definition) is 5. The molecule has 5 nitrogen and oxygen atoms in total. The molecule has 0 aromatic heterocycles. The monoisotopic (exact) mass is 379 g/mol. The molecule has 1 aromatic carbocycles. The highest BCUT2D eigenvalue weighted by molar-refractivity contribution is 7.99. The summed E-state index contributed by atoms with van der Waals surface area (Å²) in [7, 11) is 2.04. The highest BCUT2D eigenvalue weighted by atomic mass is 35.5. The predicted octanol–water partition coefficient (Wildman–Crippen LogP) is 2.39. The lowest BCUT2D eigenvalue weighted by atomic mass is 10.2. The summed E-state index contributed by atoms with van der Waals surface area (Å²) < 4.78 is 5.61. The Balaban J connectivity index is 0.00000132. The highest BCUT2D eigenvalue weighted by Crippen LogP contribution is 2.33. The number of amides is 1. The first-order valence-corrected chi connectivity index (χ1v) is 8.47. The van der Waals surface area contributed by atoms with Gasteiger partial charge in [0.15, 0.2) is 0 Å². The average Bonchev–Trinajstić information content (AvgIpc) is 2.49. The van der Waals surface area contributed by atoms with Gasteiger partial charge in [-0.25, -0.2) is 0 Å². The van der Waals surface area contributed by atoms with Crippen molar-refractivity contribution in [2.45, 2.75) is 12.5 Å². The smallest absolute Gasteiger partial charge is 0.225 e. The average molecular weight is 380 g/mol. The van der Waals surface area contributed by atoms with Crippen LogP contribution in [0.4, 0.5) is 11.4 Å². The highest BCUT2D eigenvalue weighted by Gasteiger charge is 2.18. The molecule has 1 aromatic rings. The Morgan fingerprint density at radius 2 is 2.30 bits per heavy atom. The quantitative estimate of drug-likeness (QED) is 0.844. The number of likely N-dealkylation sites (N-methyl/N-ethyl adjacent to an activating group) is 1. The van der Waals surface area contributed by atoms with Crippen molar-refractivity contribution < 1.29 is 9.53 Å². The lowest BCUT2D eigenvalue weighted by Crippen LogP contribution is -2.39. The molecule has 0 aliphatic carbocycles. The van der Waals surface area contributed by atoms with Crippen LogP contribution in [0.1, 0.15) is 6.42 Å². The van der Waals surface area contributed by atoms with Crippen LogP contribution in [0.3, 0.4) is 0 Å². The Hall–Kier alpha value is -0.820. The first-order chi connectivity index (χ1) is 10.2. The fraction of sp³-hybridized carbons (Fsp3) is 0.533. The number of fused-ring (bicyclic) bond motifs is 1. The third kappa shape index (κ3) is 5.35. The second-order valence-electron chi connectivity index (χ2n) is 5.43. The third-order valence-corrected chi connectivity index (χ3v) is 4.90. The van der Waals surface area contributed by atoms with Gasteiger partial charge in [-0.2, -0.15) is 11.8 Å². The van der Waals surface area contributed by atoms with Gasteiger partial charge in [-0.15, -0.1) is 24.8 Å². The lowest BCUT2D eigenvalue weighted by Gasteiger charge is -2.28. The van der Waals surface area contributed by atoms with Gasteiger partial charge in [0.05, 0.1) is 12.2 Å². The van der Waals surface area contributed by atoms with Gasteiger partial charge in [-0.3, -0.25) is 4.79 Å². The van der Waals surface area contributed by atoms with Crippen molar-refractivity contribution in [1.29, 1.82) is 0 Å². The number of carbonyl (C=O) groups is 1. The zero-order valence-corrected chi connectivity index (χ0v) is 15.5. The summed E-state index contributed by atoms with van der Waals surface area (Å²) in [6.45, 7) is 2.57. The van der Waals surface area contributed by atoms with E-state index in [1.54, 1.807) is 0 Å². The second kappa shape index (κ2) is 9.47. The molecule has 2 aliphatic heterocycles. The maximum Gasteiger partial charge on any atom is 0.225 e. The molecular weight excluding hydrogens is 357 g/mol. The van der Waals surface area contributed by atoms with E-state index in [-0.39, 0.29) is 36.8 Å². The Kier molecular flexibility index (Phi) is 8.33. The molecule has 2 heterocycles. The summed E-state index contributed by atoms with van der Waals surface area (Å²) in [5, 5.41) is 6.37. The minimum atomic E-state index is 0. The lowest BCUT2D eigenvalue weighted by molar-refractivity contribution is -0.116. The zero-order chi connectivity index (χ0) is 14.7. The van der Waals surface area contributed by atoms with Crippen molar-refractivity contribution in [2.75, 3.05) is 48.5 Å². The maximum atomic E-state index is 12.1. The molecule has 8 heteroatoms. The van der Waals surface area contributed by atoms with Crippen LogP contribution in [0.2, 0.25) is 0 Å². The summed E-state index contributed by atoms with van der Waals surface area (Å²) in [5.74, 6) is 3.09. The molecule has 2 aliphatic rings. The van der Waals surface area contributed by atoms with Crippen molar-refractivity contribution >= 4 is 53.9 Å². The van der Waals surface area contributed by atoms with Crippen molar-refractivity contribution in [1.82, 2.24) is 5.32 Å². The van der Waals surface area contributed by atoms with Crippen molar-refractivity contribution in [2.24, 2.45) is 0 Å². The molecule has 1 amide bonds.